The van der Waals surface area contributed by atoms with Crippen LogP contribution in [0.4, 0.5) is 10.3 Å². The van der Waals surface area contributed by atoms with Gasteiger partial charge in [0.05, 0.1) is 12.9 Å². The Kier molecular flexibility index (Phi) is 4.25. The van der Waals surface area contributed by atoms with Crippen LogP contribution in [0.3, 0.4) is 0 Å². The van der Waals surface area contributed by atoms with E-state index in [0.29, 0.717) is 5.56 Å². The molecule has 3 aromatic rings. The van der Waals surface area contributed by atoms with Gasteiger partial charge in [0.1, 0.15) is 0 Å². The van der Waals surface area contributed by atoms with E-state index in [1.54, 1.807) is 18.2 Å². The molecule has 25 heavy (non-hydrogen) atoms. The fourth-order valence-corrected chi connectivity index (χ4v) is 2.61. The first-order valence-corrected chi connectivity index (χ1v) is 8.59. The third-order valence-electron chi connectivity index (χ3n) is 3.44. The lowest BCUT2D eigenvalue weighted by molar-refractivity contribution is 0.369. The second kappa shape index (κ2) is 6.25. The molecule has 3 rings (SSSR count). The Labute approximate surface area is 139 Å². The van der Waals surface area contributed by atoms with Crippen LogP contribution in [-0.2, 0) is 11.1 Å². The predicted octanol–water partition coefficient (Wildman–Crippen LogP) is 1.20. The van der Waals surface area contributed by atoms with Crippen molar-refractivity contribution in [3.8, 4) is 0 Å². The highest BCUT2D eigenvalue weighted by Gasteiger charge is 2.21. The van der Waals surface area contributed by atoms with Crippen molar-refractivity contribution in [3.63, 3.8) is 0 Å². The lowest BCUT2D eigenvalue weighted by atomic mass is 10.1. The molecule has 0 bridgehead atoms. The fraction of sp³-hybridized carbons (Fsp3) is 0.0714. The fourth-order valence-electron chi connectivity index (χ4n) is 2.30. The smallest absolute Gasteiger partial charge is 0.369 e. The molecule has 9 nitrogen and oxygen atoms in total. The second-order valence-corrected chi connectivity index (χ2v) is 6.72. The van der Waals surface area contributed by atoms with Crippen LogP contribution in [0.15, 0.2) is 41.0 Å². The van der Waals surface area contributed by atoms with Crippen molar-refractivity contribution in [1.82, 2.24) is 19.5 Å². The zero-order chi connectivity index (χ0) is 18.2. The van der Waals surface area contributed by atoms with Crippen molar-refractivity contribution in [2.24, 2.45) is 0 Å². The van der Waals surface area contributed by atoms with Crippen molar-refractivity contribution in [2.45, 2.75) is 6.54 Å². The molecule has 2 aromatic heterocycles. The van der Waals surface area contributed by atoms with E-state index in [-0.39, 0.29) is 29.2 Å². The van der Waals surface area contributed by atoms with Crippen LogP contribution >= 0.6 is 7.60 Å². The molecule has 0 unspecified atom stereocenters. The molecule has 0 amide bonds. The summed E-state index contributed by atoms with van der Waals surface area (Å²) >= 11 is 0. The minimum atomic E-state index is -4.96. The number of rotatable bonds is 4. The number of anilines is 1. The minimum Gasteiger partial charge on any atom is -0.369 e. The Morgan fingerprint density at radius 1 is 1.40 bits per heavy atom. The summed E-state index contributed by atoms with van der Waals surface area (Å²) in [7, 11) is -4.96. The second-order valence-electron chi connectivity index (χ2n) is 5.21. The summed E-state index contributed by atoms with van der Waals surface area (Å²) in [6, 6.07) is 6.46. The normalized spacial score (nSPS) is 12.7. The first-order valence-electron chi connectivity index (χ1n) is 6.97. The number of imidazole rings is 1. The number of benzene rings is 1. The molecule has 0 saturated heterocycles. The van der Waals surface area contributed by atoms with E-state index in [9.17, 15) is 13.8 Å². The Morgan fingerprint density at radius 3 is 2.84 bits per heavy atom. The first kappa shape index (κ1) is 17.0. The zero-order valence-corrected chi connectivity index (χ0v) is 13.5. The van der Waals surface area contributed by atoms with E-state index in [0.717, 1.165) is 6.08 Å². The average Bonchev–Trinajstić information content (AvgIpc) is 2.91. The maximum atomic E-state index is 13.6. The van der Waals surface area contributed by atoms with Crippen molar-refractivity contribution >= 4 is 30.8 Å². The van der Waals surface area contributed by atoms with Crippen LogP contribution in [0.5, 0.6) is 0 Å². The SMILES string of the molecule is Nc1nc2c(ncn2Cc2ccccc2/C=C(/F)P(=O)(O)O)c(=O)[nH]1. The number of H-pyrrole nitrogens is 1. The molecule has 0 saturated carbocycles. The van der Waals surface area contributed by atoms with Gasteiger partial charge in [0.25, 0.3) is 5.56 Å². The van der Waals surface area contributed by atoms with Gasteiger partial charge in [-0.15, -0.1) is 0 Å². The van der Waals surface area contributed by atoms with Gasteiger partial charge in [-0.25, -0.2) is 4.98 Å². The molecule has 5 N–H and O–H groups in total. The molecule has 11 heteroatoms. The summed E-state index contributed by atoms with van der Waals surface area (Å²) in [6.07, 6.45) is 2.16. The molecule has 130 valence electrons. The number of hydrogen-bond acceptors (Lipinski definition) is 5. The van der Waals surface area contributed by atoms with Crippen LogP contribution < -0.4 is 11.3 Å². The lowest BCUT2D eigenvalue weighted by Crippen LogP contribution is -2.12. The first-order chi connectivity index (χ1) is 11.8. The largest absolute Gasteiger partial charge is 0.384 e. The van der Waals surface area contributed by atoms with Gasteiger partial charge in [0.15, 0.2) is 11.2 Å². The molecular weight excluding hydrogens is 352 g/mol. The molecule has 0 spiro atoms. The quantitative estimate of drug-likeness (QED) is 0.508. The number of nitrogen functional groups attached to an aromatic ring is 1. The van der Waals surface area contributed by atoms with Gasteiger partial charge in [-0.05, 0) is 17.2 Å². The Hall–Kier alpha value is -2.81. The summed E-state index contributed by atoms with van der Waals surface area (Å²) in [6.45, 7) is 0.146. The highest BCUT2D eigenvalue weighted by molar-refractivity contribution is 7.56. The number of fused-ring (bicyclic) bond motifs is 1. The zero-order valence-electron chi connectivity index (χ0n) is 12.6. The van der Waals surface area contributed by atoms with E-state index < -0.39 is 18.7 Å². The topological polar surface area (TPSA) is 147 Å². The van der Waals surface area contributed by atoms with Gasteiger partial charge < -0.3 is 20.1 Å². The summed E-state index contributed by atoms with van der Waals surface area (Å²) < 4.78 is 26.1. The van der Waals surface area contributed by atoms with Crippen molar-refractivity contribution in [3.05, 3.63) is 57.6 Å². The molecule has 0 radical (unpaired) electrons. The molecule has 0 aliphatic heterocycles. The molecule has 1 aromatic carbocycles. The lowest BCUT2D eigenvalue weighted by Gasteiger charge is -2.08. The third-order valence-corrected chi connectivity index (χ3v) is 4.13. The summed E-state index contributed by atoms with van der Waals surface area (Å²) in [4.78, 5) is 39.9. The van der Waals surface area contributed by atoms with Gasteiger partial charge >= 0.3 is 7.60 Å². The van der Waals surface area contributed by atoms with E-state index in [4.69, 9.17) is 15.5 Å². The number of hydrogen-bond donors (Lipinski definition) is 4. The van der Waals surface area contributed by atoms with Crippen molar-refractivity contribution in [2.75, 3.05) is 5.73 Å². The minimum absolute atomic E-state index is 0.0695. The highest BCUT2D eigenvalue weighted by Crippen LogP contribution is 2.46. The highest BCUT2D eigenvalue weighted by atomic mass is 31.2. The van der Waals surface area contributed by atoms with E-state index in [1.165, 1.54) is 17.0 Å². The average molecular weight is 365 g/mol. The molecule has 0 aliphatic carbocycles. The van der Waals surface area contributed by atoms with E-state index in [2.05, 4.69) is 15.0 Å². The monoisotopic (exact) mass is 365 g/mol. The molecular formula is C14H13FN5O4P. The molecule has 2 heterocycles. The van der Waals surface area contributed by atoms with Crippen molar-refractivity contribution < 1.29 is 18.7 Å². The Bertz CT molecular complexity index is 1080. The van der Waals surface area contributed by atoms with Gasteiger partial charge in [0, 0.05) is 0 Å². The standard InChI is InChI=1S/C14H13FN5O4P/c15-10(25(22,23)24)5-8-3-1-2-4-9(8)6-20-7-17-11-12(20)18-14(16)19-13(11)21/h1-5,7H,6H2,(H2,22,23,24)(H3,16,18,19,21)/b10-5-. The number of nitrogens with zero attached hydrogens (tertiary/aromatic N) is 3. The van der Waals surface area contributed by atoms with Crippen LogP contribution in [0.1, 0.15) is 11.1 Å². The number of nitrogens with one attached hydrogen (secondary N) is 1. The maximum Gasteiger partial charge on any atom is 0.384 e. The van der Waals surface area contributed by atoms with Crippen LogP contribution in [-0.4, -0.2) is 29.3 Å². The van der Waals surface area contributed by atoms with E-state index in [1.807, 2.05) is 0 Å². The van der Waals surface area contributed by atoms with Gasteiger partial charge in [-0.1, -0.05) is 24.3 Å². The van der Waals surface area contributed by atoms with Gasteiger partial charge in [-0.2, -0.15) is 9.37 Å². The van der Waals surface area contributed by atoms with Crippen LogP contribution in [0.25, 0.3) is 17.2 Å². The Morgan fingerprint density at radius 2 is 2.12 bits per heavy atom. The maximum absolute atomic E-state index is 13.6. The number of halogens is 1. The summed E-state index contributed by atoms with van der Waals surface area (Å²) in [5.74, 6) is -0.0695. The summed E-state index contributed by atoms with van der Waals surface area (Å²) in [5, 5.41) is 0. The van der Waals surface area contributed by atoms with E-state index >= 15 is 0 Å². The van der Waals surface area contributed by atoms with Crippen molar-refractivity contribution in [1.29, 1.82) is 0 Å². The van der Waals surface area contributed by atoms with Gasteiger partial charge in [0.2, 0.25) is 11.5 Å². The molecule has 0 aliphatic rings. The third kappa shape index (κ3) is 3.50. The summed E-state index contributed by atoms with van der Waals surface area (Å²) in [5.41, 5.74) is 4.69. The number of aromatic amines is 1. The van der Waals surface area contributed by atoms with Gasteiger partial charge in [-0.3, -0.25) is 14.3 Å². The number of nitrogens with two attached hydrogens (primary N) is 1. The van der Waals surface area contributed by atoms with Crippen LogP contribution in [0, 0.1) is 0 Å². The Balaban J connectivity index is 2.06. The predicted molar refractivity (Wildman–Crippen MR) is 89.2 cm³/mol. The molecule has 0 atom stereocenters. The number of aromatic nitrogens is 4. The van der Waals surface area contributed by atoms with Crippen LogP contribution in [0.2, 0.25) is 0 Å². The molecule has 0 fully saturated rings.